The smallest absolute Gasteiger partial charge is 0.377 e. The predicted molar refractivity (Wildman–Crippen MR) is 113 cm³/mol. The summed E-state index contributed by atoms with van der Waals surface area (Å²) in [6.07, 6.45) is -0.556. The molecule has 4 aliphatic heterocycles. The minimum absolute atomic E-state index is 0.0846. The van der Waals surface area contributed by atoms with Crippen molar-refractivity contribution in [3.63, 3.8) is 0 Å². The van der Waals surface area contributed by atoms with Crippen molar-refractivity contribution >= 4 is 0 Å². The normalized spacial score (nSPS) is 42.6. The second-order valence-corrected chi connectivity index (χ2v) is 10.4. The highest BCUT2D eigenvalue weighted by molar-refractivity contribution is 5.29. The fraction of sp³-hybridized carbons (Fsp3) is 0.760. The van der Waals surface area contributed by atoms with E-state index in [-0.39, 0.29) is 30.1 Å². The van der Waals surface area contributed by atoms with Gasteiger partial charge in [-0.1, -0.05) is 32.0 Å². The maximum atomic E-state index is 13.2. The number of ether oxygens (including phenoxy) is 3. The third-order valence-electron chi connectivity index (χ3n) is 8.42. The topological polar surface area (TPSA) is 46.2 Å². The van der Waals surface area contributed by atoms with Gasteiger partial charge >= 0.3 is 6.18 Å². The second-order valence-electron chi connectivity index (χ2n) is 10.4. The third-order valence-corrected chi connectivity index (χ3v) is 8.42. The van der Waals surface area contributed by atoms with Gasteiger partial charge in [-0.15, -0.1) is 0 Å². The Hall–Kier alpha value is -1.19. The standard InChI is InChI=1S/C25H33F3O5/c1-15-8-9-19-16(2)21(11-13-29-14-17-6-4-5-7-20(17)25(26,27)28)30-22-24(19)18(15)10-12-23(3,31-22)32-33-24/h4-7,15-16,18-19,21-22H,8-14H2,1-3H3/t15-,16-,18+,19+,21-,22-,23+,24-/m1/s1. The van der Waals surface area contributed by atoms with Crippen molar-refractivity contribution in [2.75, 3.05) is 6.61 Å². The molecule has 8 heteroatoms. The molecule has 2 bridgehead atoms. The average molecular weight is 471 g/mol. The molecule has 5 nitrogen and oxygen atoms in total. The highest BCUT2D eigenvalue weighted by Gasteiger charge is 2.69. The van der Waals surface area contributed by atoms with E-state index in [0.717, 1.165) is 31.7 Å². The lowest BCUT2D eigenvalue weighted by molar-refractivity contribution is -0.571. The van der Waals surface area contributed by atoms with Crippen LogP contribution in [0, 0.1) is 23.7 Å². The lowest BCUT2D eigenvalue weighted by atomic mass is 9.57. The number of alkyl halides is 3. The van der Waals surface area contributed by atoms with Crippen molar-refractivity contribution in [2.24, 2.45) is 23.7 Å². The first-order valence-corrected chi connectivity index (χ1v) is 12.1. The second kappa shape index (κ2) is 8.48. The van der Waals surface area contributed by atoms with Crippen LogP contribution >= 0.6 is 0 Å². The molecule has 184 valence electrons. The fourth-order valence-electron chi connectivity index (χ4n) is 6.61. The summed E-state index contributed by atoms with van der Waals surface area (Å²) < 4.78 is 58.2. The van der Waals surface area contributed by atoms with Gasteiger partial charge in [0.25, 0.3) is 0 Å². The Balaban J connectivity index is 1.27. The lowest BCUT2D eigenvalue weighted by Gasteiger charge is -2.60. The molecule has 0 amide bonds. The van der Waals surface area contributed by atoms with Crippen LogP contribution in [0.4, 0.5) is 13.2 Å². The van der Waals surface area contributed by atoms with E-state index < -0.39 is 29.4 Å². The molecule has 33 heavy (non-hydrogen) atoms. The van der Waals surface area contributed by atoms with Gasteiger partial charge in [0.05, 0.1) is 18.3 Å². The Bertz CT molecular complexity index is 863. The minimum atomic E-state index is -4.39. The molecule has 4 saturated heterocycles. The number of benzene rings is 1. The summed E-state index contributed by atoms with van der Waals surface area (Å²) in [5.74, 6) is 0.415. The summed E-state index contributed by atoms with van der Waals surface area (Å²) in [6, 6.07) is 5.54. The van der Waals surface area contributed by atoms with E-state index in [0.29, 0.717) is 24.9 Å². The van der Waals surface area contributed by atoms with Gasteiger partial charge in [0, 0.05) is 18.9 Å². The van der Waals surface area contributed by atoms with Gasteiger partial charge in [0.2, 0.25) is 5.79 Å². The van der Waals surface area contributed by atoms with Crippen LogP contribution in [0.25, 0.3) is 0 Å². The molecule has 1 saturated carbocycles. The number of rotatable bonds is 5. The largest absolute Gasteiger partial charge is 0.416 e. The van der Waals surface area contributed by atoms with Crippen molar-refractivity contribution < 1.29 is 37.2 Å². The van der Waals surface area contributed by atoms with Crippen LogP contribution in [0.1, 0.15) is 64.0 Å². The van der Waals surface area contributed by atoms with Gasteiger partial charge in [-0.05, 0) is 62.0 Å². The number of halogens is 3. The van der Waals surface area contributed by atoms with Crippen molar-refractivity contribution in [1.29, 1.82) is 0 Å². The molecule has 4 heterocycles. The van der Waals surface area contributed by atoms with Crippen molar-refractivity contribution in [1.82, 2.24) is 0 Å². The molecular weight excluding hydrogens is 437 g/mol. The third kappa shape index (κ3) is 4.01. The molecule has 1 aliphatic carbocycles. The van der Waals surface area contributed by atoms with Crippen LogP contribution in [0.15, 0.2) is 24.3 Å². The monoisotopic (exact) mass is 470 g/mol. The van der Waals surface area contributed by atoms with Crippen LogP contribution in [0.2, 0.25) is 0 Å². The summed E-state index contributed by atoms with van der Waals surface area (Å²) in [4.78, 5) is 12.0. The Morgan fingerprint density at radius 1 is 1.06 bits per heavy atom. The number of hydrogen-bond donors (Lipinski definition) is 0. The summed E-state index contributed by atoms with van der Waals surface area (Å²) in [6.45, 7) is 6.57. The fourth-order valence-corrected chi connectivity index (χ4v) is 6.61. The molecule has 1 aromatic carbocycles. The SMILES string of the molecule is C[C@H]1[C@@H](CCOCc2ccccc2C(F)(F)F)O[C@@H]2O[C@]3(C)CC[C@H]4[C@H](C)CC[C@@H]1[C@@]24OO3. The highest BCUT2D eigenvalue weighted by atomic mass is 19.4. The first kappa shape index (κ1) is 23.5. The van der Waals surface area contributed by atoms with Gasteiger partial charge in [0.1, 0.15) is 0 Å². The molecule has 1 aromatic rings. The quantitative estimate of drug-likeness (QED) is 0.398. The molecule has 0 unspecified atom stereocenters. The average Bonchev–Trinajstić information content (AvgIpc) is 3.00. The van der Waals surface area contributed by atoms with E-state index in [2.05, 4.69) is 13.8 Å². The van der Waals surface area contributed by atoms with Crippen LogP contribution < -0.4 is 0 Å². The van der Waals surface area contributed by atoms with Crippen LogP contribution in [-0.4, -0.2) is 30.4 Å². The zero-order valence-electron chi connectivity index (χ0n) is 19.4. The van der Waals surface area contributed by atoms with E-state index in [1.807, 2.05) is 6.92 Å². The molecular formula is C25H33F3O5. The van der Waals surface area contributed by atoms with E-state index in [1.54, 1.807) is 6.07 Å². The molecule has 5 fully saturated rings. The zero-order valence-corrected chi connectivity index (χ0v) is 19.4. The van der Waals surface area contributed by atoms with E-state index in [9.17, 15) is 13.2 Å². The molecule has 1 spiro atoms. The Labute approximate surface area is 192 Å². The molecule has 0 radical (unpaired) electrons. The summed E-state index contributed by atoms with van der Waals surface area (Å²) in [5.41, 5.74) is -1.10. The van der Waals surface area contributed by atoms with Crippen molar-refractivity contribution in [3.8, 4) is 0 Å². The zero-order chi connectivity index (χ0) is 23.4. The molecule has 8 atom stereocenters. The van der Waals surface area contributed by atoms with Crippen LogP contribution in [-0.2, 0) is 36.8 Å². The Morgan fingerprint density at radius 2 is 1.85 bits per heavy atom. The van der Waals surface area contributed by atoms with Gasteiger partial charge in [0.15, 0.2) is 11.9 Å². The lowest BCUT2D eigenvalue weighted by Crippen LogP contribution is -2.70. The Kier molecular flexibility index (Phi) is 6.05. The van der Waals surface area contributed by atoms with Crippen LogP contribution in [0.5, 0.6) is 0 Å². The first-order chi connectivity index (χ1) is 15.6. The highest BCUT2D eigenvalue weighted by Crippen LogP contribution is 2.60. The number of hydrogen-bond acceptors (Lipinski definition) is 5. The number of fused-ring (bicyclic) bond motifs is 2. The van der Waals surface area contributed by atoms with Crippen LogP contribution in [0.3, 0.4) is 0 Å². The van der Waals surface area contributed by atoms with Gasteiger partial charge in [-0.3, -0.25) is 0 Å². The molecule has 6 rings (SSSR count). The van der Waals surface area contributed by atoms with Gasteiger partial charge in [-0.25, -0.2) is 9.78 Å². The molecule has 0 N–H and O–H groups in total. The minimum Gasteiger partial charge on any atom is -0.377 e. The van der Waals surface area contributed by atoms with Gasteiger partial charge in [-0.2, -0.15) is 13.2 Å². The first-order valence-electron chi connectivity index (χ1n) is 12.1. The van der Waals surface area contributed by atoms with Crippen molar-refractivity contribution in [3.05, 3.63) is 35.4 Å². The van der Waals surface area contributed by atoms with Crippen molar-refractivity contribution in [2.45, 2.75) is 89.4 Å². The van der Waals surface area contributed by atoms with E-state index in [4.69, 9.17) is 24.0 Å². The summed E-state index contributed by atoms with van der Waals surface area (Å²) in [7, 11) is 0. The predicted octanol–water partition coefficient (Wildman–Crippen LogP) is 5.86. The van der Waals surface area contributed by atoms with Gasteiger partial charge < -0.3 is 14.2 Å². The van der Waals surface area contributed by atoms with E-state index >= 15 is 0 Å². The Morgan fingerprint density at radius 3 is 2.64 bits per heavy atom. The molecule has 5 aliphatic rings. The molecule has 0 aromatic heterocycles. The summed E-state index contributed by atoms with van der Waals surface area (Å²) >= 11 is 0. The summed E-state index contributed by atoms with van der Waals surface area (Å²) in [5, 5.41) is 0. The maximum absolute atomic E-state index is 13.2. The maximum Gasteiger partial charge on any atom is 0.416 e. The van der Waals surface area contributed by atoms with E-state index in [1.165, 1.54) is 12.1 Å².